The topological polar surface area (TPSA) is 117 Å². The smallest absolute Gasteiger partial charge is 0.313 e. The lowest BCUT2D eigenvalue weighted by atomic mass is 10.2. The number of carbonyl (C=O) groups excluding carboxylic acids is 1. The van der Waals surface area contributed by atoms with E-state index >= 15 is 0 Å². The summed E-state index contributed by atoms with van der Waals surface area (Å²) >= 11 is 6.50. The van der Waals surface area contributed by atoms with Crippen LogP contribution >= 0.6 is 31.9 Å². The van der Waals surface area contributed by atoms with E-state index in [0.29, 0.717) is 25.7 Å². The molecule has 1 aromatic heterocycles. The van der Waals surface area contributed by atoms with Gasteiger partial charge in [0.25, 0.3) is 5.56 Å². The number of aryl methyl sites for hydroxylation is 1. The number of halogens is 2. The van der Waals surface area contributed by atoms with Gasteiger partial charge in [-0.3, -0.25) is 19.7 Å². The first-order valence-electron chi connectivity index (χ1n) is 8.07. The van der Waals surface area contributed by atoms with Gasteiger partial charge in [0.05, 0.1) is 22.0 Å². The molecule has 3 aromatic rings. The zero-order valence-electron chi connectivity index (χ0n) is 15.1. The maximum absolute atomic E-state index is 12.8. The summed E-state index contributed by atoms with van der Waals surface area (Å²) in [6.07, 6.45) is 1.20. The van der Waals surface area contributed by atoms with Crippen LogP contribution in [-0.2, 0) is 4.79 Å². The average molecular weight is 524 g/mol. The largest absolute Gasteiger partial charge is 0.419 e. The normalized spacial score (nSPS) is 11.2. The van der Waals surface area contributed by atoms with Gasteiger partial charge in [0.2, 0.25) is 5.75 Å². The summed E-state index contributed by atoms with van der Waals surface area (Å²) in [6, 6.07) is 7.80. The van der Waals surface area contributed by atoms with Crippen LogP contribution in [0.3, 0.4) is 0 Å². The van der Waals surface area contributed by atoms with Crippen molar-refractivity contribution in [3.05, 3.63) is 71.1 Å². The van der Waals surface area contributed by atoms with E-state index in [1.165, 1.54) is 18.3 Å². The van der Waals surface area contributed by atoms with Crippen LogP contribution in [0.15, 0.2) is 49.2 Å². The standard InChI is InChI=1S/C18H12Br2N4O5/c1-9-22-15-4-3-12(19)6-14(15)18(26)23(9)21-8-11-5-13(20)7-16(24(27)28)17(11)29-10(2)25/h3-8H,1-2H3. The van der Waals surface area contributed by atoms with Gasteiger partial charge in [-0.25, -0.2) is 4.98 Å². The van der Waals surface area contributed by atoms with E-state index in [4.69, 9.17) is 4.74 Å². The number of esters is 1. The Morgan fingerprint density at radius 3 is 2.66 bits per heavy atom. The van der Waals surface area contributed by atoms with Gasteiger partial charge in [0.15, 0.2) is 0 Å². The van der Waals surface area contributed by atoms with Gasteiger partial charge in [0.1, 0.15) is 5.82 Å². The predicted octanol–water partition coefficient (Wildman–Crippen LogP) is 3.95. The fourth-order valence-electron chi connectivity index (χ4n) is 2.60. The molecule has 148 valence electrons. The first-order valence-corrected chi connectivity index (χ1v) is 9.65. The molecule has 0 atom stereocenters. The molecule has 29 heavy (non-hydrogen) atoms. The Labute approximate surface area is 180 Å². The minimum absolute atomic E-state index is 0.141. The number of ether oxygens (including phenoxy) is 1. The van der Waals surface area contributed by atoms with Crippen molar-refractivity contribution < 1.29 is 14.5 Å². The second-order valence-corrected chi connectivity index (χ2v) is 7.71. The van der Waals surface area contributed by atoms with Crippen LogP contribution in [-0.4, -0.2) is 26.8 Å². The van der Waals surface area contributed by atoms with Gasteiger partial charge in [-0.05, 0) is 31.2 Å². The first kappa shape index (κ1) is 20.8. The van der Waals surface area contributed by atoms with Crippen molar-refractivity contribution in [2.24, 2.45) is 5.10 Å². The third kappa shape index (κ3) is 4.40. The van der Waals surface area contributed by atoms with Crippen LogP contribution in [0.5, 0.6) is 5.75 Å². The summed E-state index contributed by atoms with van der Waals surface area (Å²) in [5.41, 5.74) is -0.174. The molecular weight excluding hydrogens is 512 g/mol. The van der Waals surface area contributed by atoms with Crippen molar-refractivity contribution in [1.82, 2.24) is 9.66 Å². The Bertz CT molecular complexity index is 1250. The summed E-state index contributed by atoms with van der Waals surface area (Å²) in [5.74, 6) is -0.674. The molecule has 0 N–H and O–H groups in total. The van der Waals surface area contributed by atoms with E-state index in [1.54, 1.807) is 25.1 Å². The number of fused-ring (bicyclic) bond motifs is 1. The first-order chi connectivity index (χ1) is 13.7. The molecule has 0 saturated carbocycles. The lowest BCUT2D eigenvalue weighted by Gasteiger charge is -2.08. The van der Waals surface area contributed by atoms with Gasteiger partial charge in [-0.2, -0.15) is 9.78 Å². The highest BCUT2D eigenvalue weighted by Gasteiger charge is 2.22. The number of nitrogens with zero attached hydrogens (tertiary/aromatic N) is 4. The maximum Gasteiger partial charge on any atom is 0.313 e. The Kier molecular flexibility index (Phi) is 5.89. The third-order valence-corrected chi connectivity index (χ3v) is 4.74. The second-order valence-electron chi connectivity index (χ2n) is 5.88. The van der Waals surface area contributed by atoms with Crippen LogP contribution in [0.4, 0.5) is 5.69 Å². The molecule has 0 bridgehead atoms. The van der Waals surface area contributed by atoms with Gasteiger partial charge in [-0.15, -0.1) is 0 Å². The van der Waals surface area contributed by atoms with Crippen LogP contribution in [0.1, 0.15) is 18.3 Å². The second kappa shape index (κ2) is 8.21. The van der Waals surface area contributed by atoms with Crippen molar-refractivity contribution in [3.63, 3.8) is 0 Å². The fourth-order valence-corrected chi connectivity index (χ4v) is 3.43. The van der Waals surface area contributed by atoms with Crippen LogP contribution in [0.25, 0.3) is 10.9 Å². The van der Waals surface area contributed by atoms with Crippen LogP contribution < -0.4 is 10.3 Å². The number of hydrogen-bond donors (Lipinski definition) is 0. The van der Waals surface area contributed by atoms with Gasteiger partial charge in [-0.1, -0.05) is 31.9 Å². The van der Waals surface area contributed by atoms with Crippen molar-refractivity contribution >= 4 is 60.6 Å². The Morgan fingerprint density at radius 1 is 1.28 bits per heavy atom. The molecule has 0 aliphatic rings. The Balaban J connectivity index is 2.19. The summed E-state index contributed by atoms with van der Waals surface area (Å²) in [4.78, 5) is 39.3. The number of rotatable bonds is 4. The molecule has 0 aliphatic carbocycles. The highest BCUT2D eigenvalue weighted by atomic mass is 79.9. The number of carbonyl (C=O) groups is 1. The van der Waals surface area contributed by atoms with Crippen molar-refractivity contribution in [1.29, 1.82) is 0 Å². The fraction of sp³-hybridized carbons (Fsp3) is 0.111. The Hall–Kier alpha value is -2.92. The molecule has 0 fully saturated rings. The van der Waals surface area contributed by atoms with Gasteiger partial charge in [0, 0.05) is 27.5 Å². The van der Waals surface area contributed by atoms with E-state index in [1.807, 2.05) is 0 Å². The molecule has 0 spiro atoms. The lowest BCUT2D eigenvalue weighted by Crippen LogP contribution is -2.20. The van der Waals surface area contributed by atoms with Crippen molar-refractivity contribution in [2.45, 2.75) is 13.8 Å². The van der Waals surface area contributed by atoms with E-state index < -0.39 is 22.1 Å². The SMILES string of the molecule is CC(=O)Oc1c(C=Nn2c(C)nc3ccc(Br)cc3c2=O)cc(Br)cc1[N+](=O)[O-]. The third-order valence-electron chi connectivity index (χ3n) is 3.79. The molecule has 9 nitrogen and oxygen atoms in total. The summed E-state index contributed by atoms with van der Waals surface area (Å²) < 4.78 is 7.19. The molecule has 3 rings (SSSR count). The van der Waals surface area contributed by atoms with Gasteiger partial charge < -0.3 is 4.74 Å². The highest BCUT2D eigenvalue weighted by Crippen LogP contribution is 2.34. The van der Waals surface area contributed by atoms with Crippen LogP contribution in [0.2, 0.25) is 0 Å². The molecule has 2 aromatic carbocycles. The number of hydrogen-bond acceptors (Lipinski definition) is 7. The molecule has 0 radical (unpaired) electrons. The monoisotopic (exact) mass is 522 g/mol. The van der Waals surface area contributed by atoms with Crippen LogP contribution in [0, 0.1) is 17.0 Å². The molecule has 0 saturated heterocycles. The number of nitro benzene ring substituents is 1. The summed E-state index contributed by atoms with van der Waals surface area (Å²) in [7, 11) is 0. The van der Waals surface area contributed by atoms with Crippen molar-refractivity contribution in [3.8, 4) is 5.75 Å². The highest BCUT2D eigenvalue weighted by molar-refractivity contribution is 9.10. The molecule has 0 unspecified atom stereocenters. The van der Waals surface area contributed by atoms with E-state index in [2.05, 4.69) is 41.9 Å². The number of benzene rings is 2. The molecule has 1 heterocycles. The van der Waals surface area contributed by atoms with Gasteiger partial charge >= 0.3 is 11.7 Å². The molecule has 0 amide bonds. The zero-order valence-corrected chi connectivity index (χ0v) is 18.2. The lowest BCUT2D eigenvalue weighted by molar-refractivity contribution is -0.385. The van der Waals surface area contributed by atoms with Crippen molar-refractivity contribution in [2.75, 3.05) is 0 Å². The molecule has 0 aliphatic heterocycles. The average Bonchev–Trinajstić information content (AvgIpc) is 2.63. The summed E-state index contributed by atoms with van der Waals surface area (Å²) in [6.45, 7) is 2.74. The predicted molar refractivity (Wildman–Crippen MR) is 114 cm³/mol. The zero-order chi connectivity index (χ0) is 21.3. The number of nitro groups is 1. The van der Waals surface area contributed by atoms with E-state index in [0.717, 1.165) is 11.6 Å². The minimum Gasteiger partial charge on any atom is -0.419 e. The molecule has 11 heteroatoms. The maximum atomic E-state index is 12.8. The Morgan fingerprint density at radius 2 is 2.00 bits per heavy atom. The van der Waals surface area contributed by atoms with E-state index in [9.17, 15) is 19.7 Å². The number of aromatic nitrogens is 2. The quantitative estimate of drug-likeness (QED) is 0.168. The van der Waals surface area contributed by atoms with E-state index in [-0.39, 0.29) is 11.3 Å². The molecular formula is C18H12Br2N4O5. The summed E-state index contributed by atoms with van der Waals surface area (Å²) in [5, 5.41) is 15.8. The minimum atomic E-state index is -0.726.